The van der Waals surface area contributed by atoms with Crippen molar-refractivity contribution in [2.45, 2.75) is 51.9 Å². The molecular weight excluding hydrogens is 340 g/mol. The predicted octanol–water partition coefficient (Wildman–Crippen LogP) is 3.09. The van der Waals surface area contributed by atoms with Crippen molar-refractivity contribution in [3.8, 4) is 0 Å². The maximum Gasteiger partial charge on any atom is 0.0534 e. The van der Waals surface area contributed by atoms with Gasteiger partial charge in [-0.1, -0.05) is 0 Å². The molecule has 148 valence electrons. The normalized spacial score (nSPS) is 21.4. The molecule has 1 atom stereocenters. The summed E-state index contributed by atoms with van der Waals surface area (Å²) in [6, 6.07) is 4.90. The number of aromatic nitrogens is 3. The third-order valence-electron chi connectivity index (χ3n) is 5.82. The van der Waals surface area contributed by atoms with Gasteiger partial charge in [0.2, 0.25) is 0 Å². The summed E-state index contributed by atoms with van der Waals surface area (Å²) in [5.41, 5.74) is 2.70. The zero-order valence-electron chi connectivity index (χ0n) is 16.4. The van der Waals surface area contributed by atoms with Crippen LogP contribution in [0.1, 0.15) is 43.5 Å². The fourth-order valence-electron chi connectivity index (χ4n) is 4.25. The summed E-state index contributed by atoms with van der Waals surface area (Å²) in [5, 5.41) is 4.41. The number of hydrogen-bond donors (Lipinski definition) is 0. The number of nitrogens with zero attached hydrogens (tertiary/aromatic N) is 4. The lowest BCUT2D eigenvalue weighted by Gasteiger charge is -2.35. The van der Waals surface area contributed by atoms with Crippen molar-refractivity contribution in [3.05, 3.63) is 42.0 Å². The molecular formula is C21H32N4O2. The van der Waals surface area contributed by atoms with E-state index in [1.807, 2.05) is 10.9 Å². The molecule has 1 saturated heterocycles. The van der Waals surface area contributed by atoms with E-state index in [2.05, 4.69) is 46.0 Å². The quantitative estimate of drug-likeness (QED) is 0.668. The minimum absolute atomic E-state index is 0.486. The van der Waals surface area contributed by atoms with Crippen LogP contribution in [0.2, 0.25) is 0 Å². The molecule has 2 aromatic heterocycles. The number of rotatable bonds is 8. The van der Waals surface area contributed by atoms with Gasteiger partial charge in [-0.3, -0.25) is 9.58 Å². The molecule has 1 unspecified atom stereocenters. The second kappa shape index (κ2) is 9.04. The Morgan fingerprint density at radius 3 is 3.00 bits per heavy atom. The van der Waals surface area contributed by atoms with Gasteiger partial charge in [0.1, 0.15) is 0 Å². The summed E-state index contributed by atoms with van der Waals surface area (Å²) in [4.78, 5) is 2.54. The van der Waals surface area contributed by atoms with Gasteiger partial charge in [-0.25, -0.2) is 0 Å². The average molecular weight is 373 g/mol. The Labute approximate surface area is 162 Å². The topological polar surface area (TPSA) is 44.5 Å². The van der Waals surface area contributed by atoms with Crippen molar-refractivity contribution in [3.63, 3.8) is 0 Å². The SMILES string of the molecule is CCn1cc(CN2Cc3cccn3C(CCOCC3CCOCC3)C2)cn1. The molecule has 2 aromatic rings. The van der Waals surface area contributed by atoms with Crippen molar-refractivity contribution in [1.29, 1.82) is 0 Å². The Morgan fingerprint density at radius 2 is 2.19 bits per heavy atom. The van der Waals surface area contributed by atoms with Gasteiger partial charge < -0.3 is 14.0 Å². The Morgan fingerprint density at radius 1 is 1.30 bits per heavy atom. The highest BCUT2D eigenvalue weighted by molar-refractivity contribution is 5.13. The molecule has 1 fully saturated rings. The summed E-state index contributed by atoms with van der Waals surface area (Å²) >= 11 is 0. The highest BCUT2D eigenvalue weighted by atomic mass is 16.5. The van der Waals surface area contributed by atoms with Crippen LogP contribution in [0.25, 0.3) is 0 Å². The van der Waals surface area contributed by atoms with Crippen LogP contribution in [0.3, 0.4) is 0 Å². The molecule has 0 bridgehead atoms. The molecule has 2 aliphatic heterocycles. The van der Waals surface area contributed by atoms with Gasteiger partial charge in [0, 0.05) is 82.3 Å². The highest BCUT2D eigenvalue weighted by Crippen LogP contribution is 2.26. The van der Waals surface area contributed by atoms with Crippen molar-refractivity contribution in [1.82, 2.24) is 19.2 Å². The van der Waals surface area contributed by atoms with Crippen LogP contribution in [-0.4, -0.2) is 52.2 Å². The molecule has 0 radical (unpaired) electrons. The van der Waals surface area contributed by atoms with Gasteiger partial charge in [0.25, 0.3) is 0 Å². The average Bonchev–Trinajstić information content (AvgIpc) is 3.35. The minimum Gasteiger partial charge on any atom is -0.381 e. The lowest BCUT2D eigenvalue weighted by Crippen LogP contribution is -2.37. The van der Waals surface area contributed by atoms with Gasteiger partial charge in [0.15, 0.2) is 0 Å². The van der Waals surface area contributed by atoms with Gasteiger partial charge in [-0.05, 0) is 44.2 Å². The summed E-state index contributed by atoms with van der Waals surface area (Å²) in [7, 11) is 0. The van der Waals surface area contributed by atoms with E-state index in [0.717, 1.165) is 71.9 Å². The molecule has 0 spiro atoms. The first-order valence-corrected chi connectivity index (χ1v) is 10.4. The summed E-state index contributed by atoms with van der Waals surface area (Å²) < 4.78 is 15.9. The number of aryl methyl sites for hydroxylation is 1. The largest absolute Gasteiger partial charge is 0.381 e. The second-order valence-corrected chi connectivity index (χ2v) is 7.85. The molecule has 6 nitrogen and oxygen atoms in total. The molecule has 27 heavy (non-hydrogen) atoms. The summed E-state index contributed by atoms with van der Waals surface area (Å²) in [5.74, 6) is 0.679. The molecule has 0 aliphatic carbocycles. The van der Waals surface area contributed by atoms with Crippen LogP contribution >= 0.6 is 0 Å². The van der Waals surface area contributed by atoms with Crippen LogP contribution in [0.5, 0.6) is 0 Å². The zero-order chi connectivity index (χ0) is 18.5. The summed E-state index contributed by atoms with van der Waals surface area (Å²) in [6.07, 6.45) is 9.75. The van der Waals surface area contributed by atoms with Crippen molar-refractivity contribution in [2.24, 2.45) is 5.92 Å². The van der Waals surface area contributed by atoms with Crippen LogP contribution in [0, 0.1) is 5.92 Å². The van der Waals surface area contributed by atoms with Crippen LogP contribution in [0.15, 0.2) is 30.7 Å². The first-order valence-electron chi connectivity index (χ1n) is 10.4. The van der Waals surface area contributed by atoms with Crippen LogP contribution < -0.4 is 0 Å². The molecule has 0 N–H and O–H groups in total. The number of fused-ring (bicyclic) bond motifs is 1. The van der Waals surface area contributed by atoms with Gasteiger partial charge >= 0.3 is 0 Å². The first-order chi connectivity index (χ1) is 13.3. The van der Waals surface area contributed by atoms with E-state index in [9.17, 15) is 0 Å². The number of ether oxygens (including phenoxy) is 2. The second-order valence-electron chi connectivity index (χ2n) is 7.85. The first kappa shape index (κ1) is 18.7. The van der Waals surface area contributed by atoms with Gasteiger partial charge in [-0.15, -0.1) is 0 Å². The van der Waals surface area contributed by atoms with Crippen molar-refractivity contribution < 1.29 is 9.47 Å². The molecule has 4 heterocycles. The Balaban J connectivity index is 1.29. The monoisotopic (exact) mass is 372 g/mol. The molecule has 0 aromatic carbocycles. The lowest BCUT2D eigenvalue weighted by molar-refractivity contribution is 0.0160. The minimum atomic E-state index is 0.486. The van der Waals surface area contributed by atoms with Gasteiger partial charge in [-0.2, -0.15) is 5.10 Å². The van der Waals surface area contributed by atoms with Crippen molar-refractivity contribution >= 4 is 0 Å². The third-order valence-corrected chi connectivity index (χ3v) is 5.82. The fourth-order valence-corrected chi connectivity index (χ4v) is 4.25. The number of hydrogen-bond acceptors (Lipinski definition) is 4. The van der Waals surface area contributed by atoms with Crippen LogP contribution in [-0.2, 0) is 29.1 Å². The van der Waals surface area contributed by atoms with E-state index < -0.39 is 0 Å². The Kier molecular flexibility index (Phi) is 6.27. The van der Waals surface area contributed by atoms with Crippen molar-refractivity contribution in [2.75, 3.05) is 33.0 Å². The maximum absolute atomic E-state index is 6.04. The summed E-state index contributed by atoms with van der Waals surface area (Å²) in [6.45, 7) is 9.60. The van der Waals surface area contributed by atoms with E-state index in [-0.39, 0.29) is 0 Å². The standard InChI is InChI=1S/C21H32N4O2/c1-2-24-14-19(12-22-24)13-23-15-20-4-3-8-25(20)21(16-23)7-11-27-17-18-5-9-26-10-6-18/h3-4,8,12,14,18,21H,2,5-7,9-11,13,15-17H2,1H3. The smallest absolute Gasteiger partial charge is 0.0534 e. The van der Waals surface area contributed by atoms with E-state index in [1.165, 1.54) is 11.3 Å². The van der Waals surface area contributed by atoms with Gasteiger partial charge in [0.05, 0.1) is 6.20 Å². The lowest BCUT2D eigenvalue weighted by atomic mass is 10.0. The fraction of sp³-hybridized carbons (Fsp3) is 0.667. The Bertz CT molecular complexity index is 705. The molecule has 4 rings (SSSR count). The van der Waals surface area contributed by atoms with E-state index in [1.54, 1.807) is 0 Å². The third kappa shape index (κ3) is 4.81. The highest BCUT2D eigenvalue weighted by Gasteiger charge is 2.24. The predicted molar refractivity (Wildman–Crippen MR) is 104 cm³/mol. The Hall–Kier alpha value is -1.63. The molecule has 0 saturated carbocycles. The molecule has 6 heteroatoms. The molecule has 2 aliphatic rings. The van der Waals surface area contributed by atoms with E-state index >= 15 is 0 Å². The van der Waals surface area contributed by atoms with E-state index in [4.69, 9.17) is 9.47 Å². The van der Waals surface area contributed by atoms with Crippen LogP contribution in [0.4, 0.5) is 0 Å². The maximum atomic E-state index is 6.04. The zero-order valence-corrected chi connectivity index (χ0v) is 16.4. The van der Waals surface area contributed by atoms with E-state index in [0.29, 0.717) is 12.0 Å². The molecule has 0 amide bonds.